The molecule has 0 bridgehead atoms. The first-order valence-corrected chi connectivity index (χ1v) is 10.7. The number of amides is 2. The number of nitrogens with one attached hydrogen (secondary N) is 2. The Bertz CT molecular complexity index is 1050. The predicted molar refractivity (Wildman–Crippen MR) is 116 cm³/mol. The molecule has 10 heteroatoms. The molecule has 2 aromatic carbocycles. The monoisotopic (exact) mass is 435 g/mol. The Morgan fingerprint density at radius 1 is 1.00 bits per heavy atom. The second-order valence-corrected chi connectivity index (χ2v) is 8.60. The molecular formula is C20H25N3O6S. The molecule has 2 aromatic rings. The molecule has 0 unspecified atom stereocenters. The highest BCUT2D eigenvalue weighted by molar-refractivity contribution is 7.92. The average Bonchev–Trinajstić information content (AvgIpc) is 2.71. The first kappa shape index (κ1) is 23.0. The first-order chi connectivity index (χ1) is 14.1. The van der Waals surface area contributed by atoms with Crippen LogP contribution in [0.15, 0.2) is 36.4 Å². The van der Waals surface area contributed by atoms with Crippen molar-refractivity contribution in [3.8, 4) is 11.5 Å². The van der Waals surface area contributed by atoms with E-state index in [2.05, 4.69) is 10.6 Å². The van der Waals surface area contributed by atoms with E-state index in [-0.39, 0.29) is 34.4 Å². The lowest BCUT2D eigenvalue weighted by Crippen LogP contribution is -2.30. The summed E-state index contributed by atoms with van der Waals surface area (Å²) in [4.78, 5) is 24.3. The van der Waals surface area contributed by atoms with Crippen LogP contribution in [0.4, 0.5) is 17.1 Å². The van der Waals surface area contributed by atoms with Gasteiger partial charge < -0.3 is 20.1 Å². The van der Waals surface area contributed by atoms with Gasteiger partial charge in [0.2, 0.25) is 15.9 Å². The third-order valence-electron chi connectivity index (χ3n) is 4.31. The number of carbonyl (C=O) groups is 2. The quantitative estimate of drug-likeness (QED) is 0.659. The summed E-state index contributed by atoms with van der Waals surface area (Å²) in [5.74, 6) is -0.371. The number of benzene rings is 2. The summed E-state index contributed by atoms with van der Waals surface area (Å²) in [5, 5.41) is 5.35. The Morgan fingerprint density at radius 3 is 2.10 bits per heavy atom. The van der Waals surface area contributed by atoms with E-state index in [0.717, 1.165) is 4.31 Å². The third kappa shape index (κ3) is 5.20. The lowest BCUT2D eigenvalue weighted by atomic mass is 10.1. The molecule has 9 nitrogen and oxygen atoms in total. The van der Waals surface area contributed by atoms with E-state index in [0.29, 0.717) is 11.4 Å². The maximum absolute atomic E-state index is 13.0. The van der Waals surface area contributed by atoms with Gasteiger partial charge in [-0.2, -0.15) is 0 Å². The van der Waals surface area contributed by atoms with E-state index >= 15 is 0 Å². The Morgan fingerprint density at radius 2 is 1.57 bits per heavy atom. The molecule has 0 saturated heterocycles. The zero-order valence-corrected chi connectivity index (χ0v) is 18.3. The van der Waals surface area contributed by atoms with Gasteiger partial charge in [0.1, 0.15) is 0 Å². The highest BCUT2D eigenvalue weighted by atomic mass is 32.2. The predicted octanol–water partition coefficient (Wildman–Crippen LogP) is 2.70. The molecular weight excluding hydrogens is 410 g/mol. The number of anilines is 3. The minimum absolute atomic E-state index is 0.0807. The number of sulfonamides is 1. The zero-order valence-electron chi connectivity index (χ0n) is 17.5. The number of methoxy groups -OCH3 is 2. The van der Waals surface area contributed by atoms with Crippen molar-refractivity contribution < 1.29 is 27.5 Å². The molecule has 0 radical (unpaired) electrons. The lowest BCUT2D eigenvalue weighted by Gasteiger charge is -2.23. The highest BCUT2D eigenvalue weighted by Gasteiger charge is 2.25. The summed E-state index contributed by atoms with van der Waals surface area (Å²) in [6, 6.07) is 9.45. The minimum Gasteiger partial charge on any atom is -0.493 e. The maximum Gasteiger partial charge on any atom is 0.257 e. The van der Waals surface area contributed by atoms with Crippen molar-refractivity contribution in [3.63, 3.8) is 0 Å². The van der Waals surface area contributed by atoms with E-state index in [4.69, 9.17) is 9.47 Å². The van der Waals surface area contributed by atoms with Crippen molar-refractivity contribution in [2.24, 2.45) is 0 Å². The third-order valence-corrected chi connectivity index (χ3v) is 6.07. The molecule has 0 atom stereocenters. The summed E-state index contributed by atoms with van der Waals surface area (Å²) < 4.78 is 36.4. The average molecular weight is 436 g/mol. The van der Waals surface area contributed by atoms with Crippen molar-refractivity contribution >= 4 is 38.9 Å². The molecule has 162 valence electrons. The topological polar surface area (TPSA) is 114 Å². The van der Waals surface area contributed by atoms with Crippen LogP contribution in [0.5, 0.6) is 11.5 Å². The van der Waals surface area contributed by atoms with Gasteiger partial charge in [0.15, 0.2) is 11.5 Å². The van der Waals surface area contributed by atoms with Crippen LogP contribution in [0.3, 0.4) is 0 Å². The Kier molecular flexibility index (Phi) is 7.28. The normalized spacial score (nSPS) is 10.8. The fraction of sp³-hybridized carbons (Fsp3) is 0.300. The molecule has 0 aliphatic rings. The molecule has 0 heterocycles. The van der Waals surface area contributed by atoms with Crippen LogP contribution >= 0.6 is 0 Å². The van der Waals surface area contributed by atoms with Gasteiger partial charge in [-0.05, 0) is 31.2 Å². The number of hydrogen-bond donors (Lipinski definition) is 2. The number of carbonyl (C=O) groups excluding carboxylic acids is 2. The van der Waals surface area contributed by atoms with Gasteiger partial charge in [-0.1, -0.05) is 6.07 Å². The van der Waals surface area contributed by atoms with Gasteiger partial charge in [-0.15, -0.1) is 0 Å². The molecule has 0 aliphatic heterocycles. The summed E-state index contributed by atoms with van der Waals surface area (Å²) in [5.41, 5.74) is 1.16. The second kappa shape index (κ2) is 9.49. The molecule has 30 heavy (non-hydrogen) atoms. The second-order valence-electron chi connectivity index (χ2n) is 6.31. The van der Waals surface area contributed by atoms with Crippen LogP contribution in [0, 0.1) is 0 Å². The van der Waals surface area contributed by atoms with Crippen molar-refractivity contribution in [2.45, 2.75) is 13.8 Å². The smallest absolute Gasteiger partial charge is 0.257 e. The molecule has 0 aliphatic carbocycles. The number of nitrogens with zero attached hydrogens (tertiary/aromatic N) is 1. The molecule has 0 spiro atoms. The highest BCUT2D eigenvalue weighted by Crippen LogP contribution is 2.36. The molecule has 2 amide bonds. The first-order valence-electron chi connectivity index (χ1n) is 9.04. The standard InChI is InChI=1S/C20H25N3O6S/c1-6-30(26,27)23(3)17-12-19(29-5)18(28-4)11-16(17)20(25)22-15-9-7-8-14(10-15)21-13(2)24/h7-12H,6H2,1-5H3,(H,21,24)(H,22,25). The fourth-order valence-corrected chi connectivity index (χ4v) is 3.57. The maximum atomic E-state index is 13.0. The van der Waals surface area contributed by atoms with E-state index in [9.17, 15) is 18.0 Å². The van der Waals surface area contributed by atoms with Crippen LogP contribution in [-0.4, -0.2) is 47.3 Å². The van der Waals surface area contributed by atoms with Crippen LogP contribution in [0.25, 0.3) is 0 Å². The summed E-state index contributed by atoms with van der Waals surface area (Å²) >= 11 is 0. The van der Waals surface area contributed by atoms with E-state index in [1.54, 1.807) is 24.3 Å². The van der Waals surface area contributed by atoms with E-state index in [1.807, 2.05) is 0 Å². The van der Waals surface area contributed by atoms with E-state index < -0.39 is 15.9 Å². The SMILES string of the molecule is CCS(=O)(=O)N(C)c1cc(OC)c(OC)cc1C(=O)Nc1cccc(NC(C)=O)c1. The number of ether oxygens (including phenoxy) is 2. The van der Waals surface area contributed by atoms with Crippen LogP contribution < -0.4 is 24.4 Å². The largest absolute Gasteiger partial charge is 0.493 e. The zero-order chi connectivity index (χ0) is 22.5. The molecule has 2 rings (SSSR count). The molecule has 2 N–H and O–H groups in total. The van der Waals surface area contributed by atoms with Gasteiger partial charge >= 0.3 is 0 Å². The summed E-state index contributed by atoms with van der Waals surface area (Å²) in [7, 11) is 0.573. The Labute approximate surface area is 176 Å². The summed E-state index contributed by atoms with van der Waals surface area (Å²) in [6.45, 7) is 2.89. The lowest BCUT2D eigenvalue weighted by molar-refractivity contribution is -0.114. The van der Waals surface area contributed by atoms with Crippen LogP contribution in [0.2, 0.25) is 0 Å². The van der Waals surface area contributed by atoms with Gasteiger partial charge in [-0.25, -0.2) is 8.42 Å². The van der Waals surface area contributed by atoms with Crippen molar-refractivity contribution in [1.29, 1.82) is 0 Å². The van der Waals surface area contributed by atoms with Crippen LogP contribution in [-0.2, 0) is 14.8 Å². The van der Waals surface area contributed by atoms with Gasteiger partial charge in [-0.3, -0.25) is 13.9 Å². The molecule has 0 saturated carbocycles. The van der Waals surface area contributed by atoms with Crippen molar-refractivity contribution in [1.82, 2.24) is 0 Å². The van der Waals surface area contributed by atoms with Gasteiger partial charge in [0.05, 0.1) is 31.2 Å². The fourth-order valence-electron chi connectivity index (χ4n) is 2.73. The van der Waals surface area contributed by atoms with Gasteiger partial charge in [0, 0.05) is 31.4 Å². The molecule has 0 aromatic heterocycles. The Balaban J connectivity index is 2.50. The van der Waals surface area contributed by atoms with Gasteiger partial charge in [0.25, 0.3) is 5.91 Å². The minimum atomic E-state index is -3.64. The Hall–Kier alpha value is -3.27. The number of rotatable bonds is 8. The van der Waals surface area contributed by atoms with E-state index in [1.165, 1.54) is 47.2 Å². The summed E-state index contributed by atoms with van der Waals surface area (Å²) in [6.07, 6.45) is 0. The van der Waals surface area contributed by atoms with Crippen molar-refractivity contribution in [3.05, 3.63) is 42.0 Å². The molecule has 0 fully saturated rings. The van der Waals surface area contributed by atoms with Crippen molar-refractivity contribution in [2.75, 3.05) is 42.0 Å². The van der Waals surface area contributed by atoms with Crippen LogP contribution in [0.1, 0.15) is 24.2 Å². The number of hydrogen-bond acceptors (Lipinski definition) is 6.